The van der Waals surface area contributed by atoms with Crippen molar-refractivity contribution < 1.29 is 4.79 Å². The van der Waals surface area contributed by atoms with Crippen LogP contribution in [0.1, 0.15) is 19.4 Å². The zero-order valence-electron chi connectivity index (χ0n) is 8.99. The lowest BCUT2D eigenvalue weighted by atomic mass is 10.1. The van der Waals surface area contributed by atoms with Crippen molar-refractivity contribution in [1.29, 1.82) is 0 Å². The van der Waals surface area contributed by atoms with Crippen LogP contribution in [-0.4, -0.2) is 11.2 Å². The molecule has 0 radical (unpaired) electrons. The summed E-state index contributed by atoms with van der Waals surface area (Å²) in [4.78, 5) is 11.8. The van der Waals surface area contributed by atoms with Crippen molar-refractivity contribution in [2.75, 3.05) is 5.73 Å². The van der Waals surface area contributed by atoms with Crippen LogP contribution in [-0.2, 0) is 11.2 Å². The zero-order chi connectivity index (χ0) is 11.4. The fourth-order valence-electron chi connectivity index (χ4n) is 1.27. The summed E-state index contributed by atoms with van der Waals surface area (Å²) in [5.41, 5.74) is 12.6. The topological polar surface area (TPSA) is 69.1 Å². The van der Waals surface area contributed by atoms with Gasteiger partial charge in [-0.15, -0.1) is 11.8 Å². The predicted molar refractivity (Wildman–Crippen MR) is 64.7 cm³/mol. The van der Waals surface area contributed by atoms with E-state index in [-0.39, 0.29) is 12.3 Å². The number of rotatable bonds is 4. The molecule has 0 saturated heterocycles. The van der Waals surface area contributed by atoms with Crippen LogP contribution >= 0.6 is 11.8 Å². The number of nitrogens with two attached hydrogens (primary N) is 2. The number of anilines is 1. The van der Waals surface area contributed by atoms with Gasteiger partial charge in [-0.3, -0.25) is 4.79 Å². The smallest absolute Gasteiger partial charge is 0.221 e. The highest BCUT2D eigenvalue weighted by Gasteiger charge is 2.05. The maximum absolute atomic E-state index is 10.7. The summed E-state index contributed by atoms with van der Waals surface area (Å²) in [6, 6.07) is 5.65. The van der Waals surface area contributed by atoms with Gasteiger partial charge in [0.2, 0.25) is 5.91 Å². The second-order valence-corrected chi connectivity index (χ2v) is 5.30. The molecule has 1 rings (SSSR count). The van der Waals surface area contributed by atoms with Gasteiger partial charge in [0.1, 0.15) is 0 Å². The van der Waals surface area contributed by atoms with Crippen LogP contribution in [0.3, 0.4) is 0 Å². The number of benzene rings is 1. The molecule has 4 N–H and O–H groups in total. The summed E-state index contributed by atoms with van der Waals surface area (Å²) in [6.45, 7) is 4.23. The van der Waals surface area contributed by atoms with E-state index in [1.165, 1.54) is 0 Å². The Morgan fingerprint density at radius 2 is 2.13 bits per heavy atom. The molecule has 0 bridgehead atoms. The summed E-state index contributed by atoms with van der Waals surface area (Å²) in [5, 5.41) is 0.495. The number of carbonyl (C=O) groups excluding carboxylic acids is 1. The maximum atomic E-state index is 10.7. The molecule has 1 aromatic rings. The highest BCUT2D eigenvalue weighted by molar-refractivity contribution is 8.00. The Labute approximate surface area is 94.2 Å². The van der Waals surface area contributed by atoms with Gasteiger partial charge in [-0.1, -0.05) is 19.9 Å². The van der Waals surface area contributed by atoms with Crippen molar-refractivity contribution in [3.05, 3.63) is 23.8 Å². The lowest BCUT2D eigenvalue weighted by Gasteiger charge is -2.09. The molecule has 15 heavy (non-hydrogen) atoms. The van der Waals surface area contributed by atoms with E-state index >= 15 is 0 Å². The Kier molecular flexibility index (Phi) is 4.03. The highest BCUT2D eigenvalue weighted by atomic mass is 32.2. The Morgan fingerprint density at radius 1 is 1.47 bits per heavy atom. The molecule has 0 aliphatic heterocycles. The molecule has 0 fully saturated rings. The van der Waals surface area contributed by atoms with Gasteiger partial charge in [0.15, 0.2) is 0 Å². The average molecular weight is 224 g/mol. The predicted octanol–water partition coefficient (Wildman–Crippen LogP) is 1.80. The summed E-state index contributed by atoms with van der Waals surface area (Å²) < 4.78 is 0. The maximum Gasteiger partial charge on any atom is 0.221 e. The fraction of sp³-hybridized carbons (Fsp3) is 0.364. The number of thioether (sulfide) groups is 1. The van der Waals surface area contributed by atoms with Crippen molar-refractivity contribution in [1.82, 2.24) is 0 Å². The summed E-state index contributed by atoms with van der Waals surface area (Å²) >= 11 is 1.71. The molecule has 0 atom stereocenters. The monoisotopic (exact) mass is 224 g/mol. The number of nitrogen functional groups attached to an aromatic ring is 1. The minimum atomic E-state index is -0.335. The number of carbonyl (C=O) groups is 1. The molecule has 1 amide bonds. The van der Waals surface area contributed by atoms with Crippen molar-refractivity contribution in [2.45, 2.75) is 30.4 Å². The zero-order valence-corrected chi connectivity index (χ0v) is 9.80. The van der Waals surface area contributed by atoms with Gasteiger partial charge >= 0.3 is 0 Å². The number of amides is 1. The lowest BCUT2D eigenvalue weighted by molar-refractivity contribution is -0.117. The molecule has 0 unspecified atom stereocenters. The van der Waals surface area contributed by atoms with Gasteiger partial charge in [0.05, 0.1) is 6.42 Å². The molecule has 4 heteroatoms. The van der Waals surface area contributed by atoms with E-state index in [0.717, 1.165) is 10.5 Å². The molecule has 0 heterocycles. The number of hydrogen-bond donors (Lipinski definition) is 2. The van der Waals surface area contributed by atoms with Crippen molar-refractivity contribution in [2.24, 2.45) is 5.73 Å². The van der Waals surface area contributed by atoms with Crippen molar-refractivity contribution in [3.8, 4) is 0 Å². The van der Waals surface area contributed by atoms with Crippen LogP contribution in [0.15, 0.2) is 23.1 Å². The van der Waals surface area contributed by atoms with Crippen LogP contribution in [0.5, 0.6) is 0 Å². The van der Waals surface area contributed by atoms with Crippen LogP contribution in [0.25, 0.3) is 0 Å². The molecule has 1 aromatic carbocycles. The minimum Gasteiger partial charge on any atom is -0.398 e. The Bertz CT molecular complexity index is 364. The van der Waals surface area contributed by atoms with Gasteiger partial charge in [-0.25, -0.2) is 0 Å². The molecule has 0 aliphatic rings. The third-order valence-corrected chi connectivity index (χ3v) is 2.91. The quantitative estimate of drug-likeness (QED) is 0.605. The van der Waals surface area contributed by atoms with Crippen LogP contribution in [0, 0.1) is 0 Å². The van der Waals surface area contributed by atoms with E-state index in [0.29, 0.717) is 10.9 Å². The largest absolute Gasteiger partial charge is 0.398 e. The number of primary amides is 1. The first-order valence-corrected chi connectivity index (χ1v) is 5.70. The van der Waals surface area contributed by atoms with Crippen molar-refractivity contribution >= 4 is 23.4 Å². The Morgan fingerprint density at radius 3 is 2.60 bits per heavy atom. The van der Waals surface area contributed by atoms with E-state index in [9.17, 15) is 4.79 Å². The van der Waals surface area contributed by atoms with E-state index in [1.807, 2.05) is 18.2 Å². The SMILES string of the molecule is CC(C)Sc1ccc(CC(N)=O)cc1N. The van der Waals surface area contributed by atoms with E-state index in [1.54, 1.807) is 11.8 Å². The summed E-state index contributed by atoms with van der Waals surface area (Å²) in [6.07, 6.45) is 0.247. The molecular formula is C11H16N2OS. The summed E-state index contributed by atoms with van der Waals surface area (Å²) in [7, 11) is 0. The lowest BCUT2D eigenvalue weighted by Crippen LogP contribution is -2.13. The van der Waals surface area contributed by atoms with E-state index in [4.69, 9.17) is 11.5 Å². The molecular weight excluding hydrogens is 208 g/mol. The van der Waals surface area contributed by atoms with Gasteiger partial charge in [-0.2, -0.15) is 0 Å². The average Bonchev–Trinajstić information content (AvgIpc) is 2.08. The summed E-state index contributed by atoms with van der Waals surface area (Å²) in [5.74, 6) is -0.335. The second-order valence-electron chi connectivity index (χ2n) is 3.68. The first-order chi connectivity index (χ1) is 6.99. The molecule has 0 saturated carbocycles. The first kappa shape index (κ1) is 11.9. The van der Waals surface area contributed by atoms with Gasteiger partial charge < -0.3 is 11.5 Å². The van der Waals surface area contributed by atoms with Crippen LogP contribution < -0.4 is 11.5 Å². The third kappa shape index (κ3) is 3.83. The molecule has 0 aliphatic carbocycles. The third-order valence-electron chi connectivity index (χ3n) is 1.82. The van der Waals surface area contributed by atoms with Crippen LogP contribution in [0.4, 0.5) is 5.69 Å². The molecule has 82 valence electrons. The van der Waals surface area contributed by atoms with Crippen molar-refractivity contribution in [3.63, 3.8) is 0 Å². The molecule has 0 aromatic heterocycles. The van der Waals surface area contributed by atoms with E-state index in [2.05, 4.69) is 13.8 Å². The molecule has 3 nitrogen and oxygen atoms in total. The normalized spacial score (nSPS) is 10.6. The molecule has 0 spiro atoms. The minimum absolute atomic E-state index is 0.247. The first-order valence-electron chi connectivity index (χ1n) is 4.82. The standard InChI is InChI=1S/C11H16N2OS/c1-7(2)15-10-4-3-8(5-9(10)12)6-11(13)14/h3-5,7H,6,12H2,1-2H3,(H2,13,14). The Balaban J connectivity index is 2.83. The highest BCUT2D eigenvalue weighted by Crippen LogP contribution is 2.29. The fourth-order valence-corrected chi connectivity index (χ4v) is 2.12. The van der Waals surface area contributed by atoms with Gasteiger partial charge in [0.25, 0.3) is 0 Å². The second kappa shape index (κ2) is 5.07. The Hall–Kier alpha value is -1.16. The van der Waals surface area contributed by atoms with Gasteiger partial charge in [0, 0.05) is 15.8 Å². The van der Waals surface area contributed by atoms with Crippen LogP contribution in [0.2, 0.25) is 0 Å². The number of hydrogen-bond acceptors (Lipinski definition) is 3. The van der Waals surface area contributed by atoms with Gasteiger partial charge in [-0.05, 0) is 17.7 Å². The van der Waals surface area contributed by atoms with E-state index < -0.39 is 0 Å².